The van der Waals surface area contributed by atoms with Crippen molar-refractivity contribution in [3.63, 3.8) is 0 Å². The number of benzene rings is 1. The molecule has 0 aliphatic carbocycles. The van der Waals surface area contributed by atoms with Crippen molar-refractivity contribution < 1.29 is 9.47 Å². The Hall–Kier alpha value is -1.68. The summed E-state index contributed by atoms with van der Waals surface area (Å²) in [4.78, 5) is 6.67. The van der Waals surface area contributed by atoms with E-state index in [2.05, 4.69) is 9.97 Å². The molecule has 2 aromatic rings. The number of nitrogens with zero attached hydrogens (tertiary/aromatic N) is 1. The molecule has 4 nitrogen and oxygen atoms in total. The number of aromatic amines is 1. The van der Waals surface area contributed by atoms with Gasteiger partial charge in [0, 0.05) is 0 Å². The molecule has 2 rings (SSSR count). The lowest BCUT2D eigenvalue weighted by Crippen LogP contribution is -1.90. The number of hydrogen-bond donors (Lipinski definition) is 1. The van der Waals surface area contributed by atoms with Crippen LogP contribution in [0.3, 0.4) is 0 Å². The number of hydrogen-bond acceptors (Lipinski definition) is 3. The number of H-pyrrole nitrogens is 1. The van der Waals surface area contributed by atoms with Crippen molar-refractivity contribution in [1.82, 2.24) is 9.97 Å². The van der Waals surface area contributed by atoms with Crippen LogP contribution in [0.15, 0.2) is 30.5 Å². The highest BCUT2D eigenvalue weighted by Crippen LogP contribution is 2.29. The predicted octanol–water partition coefficient (Wildman–Crippen LogP) is 2.86. The first-order valence-electron chi connectivity index (χ1n) is 4.31. The molecule has 15 heavy (non-hydrogen) atoms. The number of imidazole rings is 1. The van der Waals surface area contributed by atoms with Gasteiger partial charge in [-0.25, -0.2) is 4.98 Å². The quantitative estimate of drug-likeness (QED) is 0.872. The first kappa shape index (κ1) is 9.86. The molecule has 0 atom stereocenters. The number of para-hydroxylation sites is 2. The summed E-state index contributed by atoms with van der Waals surface area (Å²) in [5, 5.41) is 0.430. The van der Waals surface area contributed by atoms with Crippen LogP contribution in [0.4, 0.5) is 0 Å². The third-order valence-corrected chi connectivity index (χ3v) is 1.99. The fraction of sp³-hybridized carbons (Fsp3) is 0.100. The van der Waals surface area contributed by atoms with Crippen molar-refractivity contribution in [3.8, 4) is 17.5 Å². The molecular formula is C10H9ClN2O2. The highest BCUT2D eigenvalue weighted by molar-refractivity contribution is 6.29. The zero-order chi connectivity index (χ0) is 10.7. The molecular weight excluding hydrogens is 216 g/mol. The summed E-state index contributed by atoms with van der Waals surface area (Å²) in [6, 6.07) is 7.64. The molecule has 0 saturated heterocycles. The van der Waals surface area contributed by atoms with Crippen LogP contribution in [0.1, 0.15) is 0 Å². The number of methoxy groups -OCH3 is 1. The molecule has 1 N–H and O–H groups in total. The average molecular weight is 225 g/mol. The molecule has 0 saturated carbocycles. The van der Waals surface area contributed by atoms with Crippen LogP contribution in [0, 0.1) is 0 Å². The Balaban J connectivity index is 2.23. The Labute approximate surface area is 91.8 Å². The Morgan fingerprint density at radius 2 is 2.00 bits per heavy atom. The Morgan fingerprint density at radius 3 is 2.60 bits per heavy atom. The lowest BCUT2D eigenvalue weighted by atomic mass is 10.3. The van der Waals surface area contributed by atoms with Crippen LogP contribution in [-0.4, -0.2) is 17.1 Å². The molecule has 1 aromatic carbocycles. The van der Waals surface area contributed by atoms with Crippen LogP contribution in [-0.2, 0) is 0 Å². The molecule has 78 valence electrons. The topological polar surface area (TPSA) is 47.1 Å². The first-order valence-corrected chi connectivity index (χ1v) is 4.69. The zero-order valence-electron chi connectivity index (χ0n) is 8.03. The van der Waals surface area contributed by atoms with Gasteiger partial charge in [-0.3, -0.25) is 4.98 Å². The smallest absolute Gasteiger partial charge is 0.300 e. The van der Waals surface area contributed by atoms with Crippen molar-refractivity contribution in [2.75, 3.05) is 7.11 Å². The van der Waals surface area contributed by atoms with Crippen molar-refractivity contribution in [1.29, 1.82) is 0 Å². The summed E-state index contributed by atoms with van der Waals surface area (Å²) >= 11 is 5.67. The third-order valence-electron chi connectivity index (χ3n) is 1.80. The average Bonchev–Trinajstić information content (AvgIpc) is 2.65. The lowest BCUT2D eigenvalue weighted by molar-refractivity contribution is 0.369. The van der Waals surface area contributed by atoms with Crippen LogP contribution in [0.25, 0.3) is 0 Å². The highest BCUT2D eigenvalue weighted by Gasteiger charge is 2.06. The minimum atomic E-state index is 0.338. The van der Waals surface area contributed by atoms with Gasteiger partial charge in [0.15, 0.2) is 11.5 Å². The summed E-state index contributed by atoms with van der Waals surface area (Å²) in [5.41, 5.74) is 0. The minimum Gasteiger partial charge on any atom is -0.493 e. The van der Waals surface area contributed by atoms with Crippen molar-refractivity contribution in [3.05, 3.63) is 35.6 Å². The van der Waals surface area contributed by atoms with E-state index in [1.54, 1.807) is 19.2 Å². The maximum atomic E-state index is 5.67. The molecule has 0 amide bonds. The molecule has 0 fully saturated rings. The second kappa shape index (κ2) is 4.23. The molecule has 0 radical (unpaired) electrons. The number of nitrogens with one attached hydrogen (secondary N) is 1. The normalized spacial score (nSPS) is 10.0. The number of rotatable bonds is 3. The summed E-state index contributed by atoms with van der Waals surface area (Å²) in [6.45, 7) is 0. The molecule has 0 unspecified atom stereocenters. The van der Waals surface area contributed by atoms with E-state index in [1.165, 1.54) is 6.20 Å². The Kier molecular flexibility index (Phi) is 2.78. The molecule has 1 heterocycles. The Morgan fingerprint density at radius 1 is 1.27 bits per heavy atom. The van der Waals surface area contributed by atoms with Gasteiger partial charge < -0.3 is 9.47 Å². The largest absolute Gasteiger partial charge is 0.493 e. The van der Waals surface area contributed by atoms with E-state index in [4.69, 9.17) is 21.1 Å². The monoisotopic (exact) mass is 224 g/mol. The summed E-state index contributed by atoms with van der Waals surface area (Å²) in [6.07, 6.45) is 1.48. The van der Waals surface area contributed by atoms with Crippen LogP contribution in [0.5, 0.6) is 17.5 Å². The fourth-order valence-electron chi connectivity index (χ4n) is 1.14. The number of aromatic nitrogens is 2. The van der Waals surface area contributed by atoms with Gasteiger partial charge in [0.2, 0.25) is 0 Å². The molecule has 0 spiro atoms. The SMILES string of the molecule is COc1ccccc1Oc1ncc(Cl)[nH]1. The van der Waals surface area contributed by atoms with Gasteiger partial charge in [-0.1, -0.05) is 23.7 Å². The van der Waals surface area contributed by atoms with Gasteiger partial charge >= 0.3 is 0 Å². The lowest BCUT2D eigenvalue weighted by Gasteiger charge is -2.06. The van der Waals surface area contributed by atoms with Gasteiger partial charge in [0.05, 0.1) is 13.3 Å². The second-order valence-corrected chi connectivity index (χ2v) is 3.20. The van der Waals surface area contributed by atoms with E-state index >= 15 is 0 Å². The second-order valence-electron chi connectivity index (χ2n) is 2.79. The van der Waals surface area contributed by atoms with Crippen molar-refractivity contribution in [2.45, 2.75) is 0 Å². The summed E-state index contributed by atoms with van der Waals surface area (Å²) < 4.78 is 10.6. The molecule has 0 bridgehead atoms. The molecule has 5 heteroatoms. The van der Waals surface area contributed by atoms with Gasteiger partial charge in [-0.2, -0.15) is 0 Å². The standard InChI is InChI=1S/C10H9ClN2O2/c1-14-7-4-2-3-5-8(7)15-10-12-6-9(11)13-10/h2-6H,1H3,(H,12,13). The van der Waals surface area contributed by atoms with E-state index in [9.17, 15) is 0 Å². The maximum Gasteiger partial charge on any atom is 0.300 e. The van der Waals surface area contributed by atoms with E-state index in [1.807, 2.05) is 12.1 Å². The van der Waals surface area contributed by atoms with E-state index in [-0.39, 0.29) is 0 Å². The first-order chi connectivity index (χ1) is 7.29. The van der Waals surface area contributed by atoms with Gasteiger partial charge in [-0.05, 0) is 12.1 Å². The maximum absolute atomic E-state index is 5.67. The highest BCUT2D eigenvalue weighted by atomic mass is 35.5. The van der Waals surface area contributed by atoms with Crippen molar-refractivity contribution >= 4 is 11.6 Å². The van der Waals surface area contributed by atoms with E-state index in [0.717, 1.165) is 0 Å². The molecule has 1 aromatic heterocycles. The minimum absolute atomic E-state index is 0.338. The zero-order valence-corrected chi connectivity index (χ0v) is 8.78. The predicted molar refractivity (Wildman–Crippen MR) is 56.7 cm³/mol. The third kappa shape index (κ3) is 2.22. The Bertz CT molecular complexity index is 456. The van der Waals surface area contributed by atoms with Gasteiger partial charge in [0.25, 0.3) is 6.01 Å². The molecule has 0 aliphatic heterocycles. The van der Waals surface area contributed by atoms with E-state index < -0.39 is 0 Å². The van der Waals surface area contributed by atoms with E-state index in [0.29, 0.717) is 22.7 Å². The van der Waals surface area contributed by atoms with Gasteiger partial charge in [0.1, 0.15) is 5.15 Å². The van der Waals surface area contributed by atoms with Crippen LogP contribution >= 0.6 is 11.6 Å². The summed E-state index contributed by atoms with van der Waals surface area (Å²) in [7, 11) is 1.58. The summed E-state index contributed by atoms with van der Waals surface area (Å²) in [5.74, 6) is 1.23. The number of ether oxygens (including phenoxy) is 2. The number of halogens is 1. The van der Waals surface area contributed by atoms with Crippen LogP contribution < -0.4 is 9.47 Å². The molecule has 0 aliphatic rings. The van der Waals surface area contributed by atoms with Crippen molar-refractivity contribution in [2.24, 2.45) is 0 Å². The fourth-order valence-corrected chi connectivity index (χ4v) is 1.27. The van der Waals surface area contributed by atoms with Crippen LogP contribution in [0.2, 0.25) is 5.15 Å². The van der Waals surface area contributed by atoms with Gasteiger partial charge in [-0.15, -0.1) is 0 Å².